The number of fused-ring (bicyclic) bond motifs is 1. The number of carbonyl (C=O) groups excluding carboxylic acids is 2. The zero-order valence-corrected chi connectivity index (χ0v) is 15.0. The number of nitrogens with one attached hydrogen (secondary N) is 1. The standard InChI is InChI=1S/C21H24N2O2/c1-4-15-10-8-11-16(5-2)19(15)22-20(24)21(25)23-14(3)13-17-9-6-7-12-18(17)23/h6-12,14H,4-5,13H2,1-3H3,(H,22,24). The van der Waals surface area contributed by atoms with Crippen LogP contribution in [0.15, 0.2) is 42.5 Å². The van der Waals surface area contributed by atoms with Gasteiger partial charge in [-0.25, -0.2) is 0 Å². The van der Waals surface area contributed by atoms with Crippen molar-refractivity contribution < 1.29 is 9.59 Å². The Morgan fingerprint density at radius 3 is 2.32 bits per heavy atom. The molecule has 0 bridgehead atoms. The fourth-order valence-electron chi connectivity index (χ4n) is 3.55. The number of hydrogen-bond donors (Lipinski definition) is 1. The summed E-state index contributed by atoms with van der Waals surface area (Å²) >= 11 is 0. The van der Waals surface area contributed by atoms with Crippen LogP contribution in [-0.2, 0) is 28.9 Å². The van der Waals surface area contributed by atoms with Crippen LogP contribution in [0.4, 0.5) is 11.4 Å². The lowest BCUT2D eigenvalue weighted by atomic mass is 10.0. The van der Waals surface area contributed by atoms with Crippen molar-refractivity contribution in [3.05, 3.63) is 59.2 Å². The number of hydrogen-bond acceptors (Lipinski definition) is 2. The molecule has 1 N–H and O–H groups in total. The van der Waals surface area contributed by atoms with Crippen LogP contribution in [0.25, 0.3) is 0 Å². The van der Waals surface area contributed by atoms with E-state index in [4.69, 9.17) is 0 Å². The molecule has 3 rings (SSSR count). The molecule has 0 fully saturated rings. The van der Waals surface area contributed by atoms with Gasteiger partial charge in [-0.2, -0.15) is 0 Å². The molecule has 1 aliphatic rings. The average Bonchev–Trinajstić information content (AvgIpc) is 2.96. The number of carbonyl (C=O) groups is 2. The zero-order chi connectivity index (χ0) is 18.0. The second-order valence-electron chi connectivity index (χ2n) is 6.47. The Hall–Kier alpha value is -2.62. The third-order valence-corrected chi connectivity index (χ3v) is 4.86. The zero-order valence-electron chi connectivity index (χ0n) is 15.0. The molecule has 1 heterocycles. The summed E-state index contributed by atoms with van der Waals surface area (Å²) in [4.78, 5) is 27.1. The summed E-state index contributed by atoms with van der Waals surface area (Å²) in [7, 11) is 0. The van der Waals surface area contributed by atoms with Crippen LogP contribution in [0.2, 0.25) is 0 Å². The van der Waals surface area contributed by atoms with Gasteiger partial charge in [0.25, 0.3) is 0 Å². The summed E-state index contributed by atoms with van der Waals surface area (Å²) in [6, 6.07) is 13.7. The Morgan fingerprint density at radius 2 is 1.68 bits per heavy atom. The summed E-state index contributed by atoms with van der Waals surface area (Å²) in [6.07, 6.45) is 2.39. The number of anilines is 2. The highest BCUT2D eigenvalue weighted by atomic mass is 16.2. The Kier molecular flexibility index (Phi) is 4.88. The van der Waals surface area contributed by atoms with Crippen molar-refractivity contribution in [1.82, 2.24) is 0 Å². The van der Waals surface area contributed by atoms with Gasteiger partial charge >= 0.3 is 11.8 Å². The first-order chi connectivity index (χ1) is 12.1. The summed E-state index contributed by atoms with van der Waals surface area (Å²) in [6.45, 7) is 6.07. The first kappa shape index (κ1) is 17.2. The molecular weight excluding hydrogens is 312 g/mol. The van der Waals surface area contributed by atoms with Crippen LogP contribution in [0, 0.1) is 0 Å². The lowest BCUT2D eigenvalue weighted by Crippen LogP contribution is -2.43. The monoisotopic (exact) mass is 336 g/mol. The molecule has 130 valence electrons. The highest BCUT2D eigenvalue weighted by molar-refractivity contribution is 6.44. The van der Waals surface area contributed by atoms with E-state index >= 15 is 0 Å². The summed E-state index contributed by atoms with van der Waals surface area (Å²) in [5.74, 6) is -1.07. The second-order valence-corrected chi connectivity index (χ2v) is 6.47. The maximum absolute atomic E-state index is 12.8. The van der Waals surface area contributed by atoms with E-state index in [1.54, 1.807) is 4.90 Å². The predicted molar refractivity (Wildman–Crippen MR) is 101 cm³/mol. The molecule has 4 heteroatoms. The summed E-state index contributed by atoms with van der Waals surface area (Å²) in [5.41, 5.74) is 4.84. The van der Waals surface area contributed by atoms with Crippen LogP contribution in [-0.4, -0.2) is 17.9 Å². The summed E-state index contributed by atoms with van der Waals surface area (Å²) < 4.78 is 0. The van der Waals surface area contributed by atoms with E-state index in [1.807, 2.05) is 63.2 Å². The number of nitrogens with zero attached hydrogens (tertiary/aromatic N) is 1. The molecule has 1 aliphatic heterocycles. The Balaban J connectivity index is 1.87. The van der Waals surface area contributed by atoms with Crippen molar-refractivity contribution in [1.29, 1.82) is 0 Å². The molecule has 0 radical (unpaired) electrons. The van der Waals surface area contributed by atoms with Gasteiger partial charge < -0.3 is 10.2 Å². The van der Waals surface area contributed by atoms with E-state index in [9.17, 15) is 9.59 Å². The molecule has 0 spiro atoms. The van der Waals surface area contributed by atoms with Gasteiger partial charge in [-0.05, 0) is 48.9 Å². The first-order valence-corrected chi connectivity index (χ1v) is 8.90. The Morgan fingerprint density at radius 1 is 1.04 bits per heavy atom. The molecule has 2 aromatic carbocycles. The fraction of sp³-hybridized carbons (Fsp3) is 0.333. The SMILES string of the molecule is CCc1cccc(CC)c1NC(=O)C(=O)N1c2ccccc2CC1C. The van der Waals surface area contributed by atoms with Gasteiger partial charge in [0.15, 0.2) is 0 Å². The van der Waals surface area contributed by atoms with Gasteiger partial charge in [-0.1, -0.05) is 50.2 Å². The normalized spacial score (nSPS) is 15.8. The van der Waals surface area contributed by atoms with E-state index in [-0.39, 0.29) is 6.04 Å². The fourth-order valence-corrected chi connectivity index (χ4v) is 3.55. The van der Waals surface area contributed by atoms with Crippen molar-refractivity contribution >= 4 is 23.2 Å². The van der Waals surface area contributed by atoms with Crippen LogP contribution in [0.1, 0.15) is 37.5 Å². The van der Waals surface area contributed by atoms with Gasteiger partial charge in [-0.15, -0.1) is 0 Å². The van der Waals surface area contributed by atoms with Crippen molar-refractivity contribution in [3.63, 3.8) is 0 Å². The van der Waals surface area contributed by atoms with Gasteiger partial charge in [0.05, 0.1) is 0 Å². The van der Waals surface area contributed by atoms with Crippen molar-refractivity contribution in [2.45, 2.75) is 46.1 Å². The molecular formula is C21H24N2O2. The average molecular weight is 336 g/mol. The maximum atomic E-state index is 12.8. The minimum absolute atomic E-state index is 0.0114. The molecule has 25 heavy (non-hydrogen) atoms. The minimum atomic E-state index is -0.570. The van der Waals surface area contributed by atoms with E-state index in [0.29, 0.717) is 0 Å². The third-order valence-electron chi connectivity index (χ3n) is 4.86. The third kappa shape index (κ3) is 3.16. The molecule has 0 saturated heterocycles. The van der Waals surface area contributed by atoms with Crippen LogP contribution in [0.5, 0.6) is 0 Å². The topological polar surface area (TPSA) is 49.4 Å². The molecule has 2 amide bonds. The number of amides is 2. The van der Waals surface area contributed by atoms with E-state index in [0.717, 1.165) is 47.3 Å². The molecule has 1 atom stereocenters. The van der Waals surface area contributed by atoms with Crippen LogP contribution < -0.4 is 10.2 Å². The largest absolute Gasteiger partial charge is 0.317 e. The lowest BCUT2D eigenvalue weighted by Gasteiger charge is -2.23. The molecule has 0 aliphatic carbocycles. The van der Waals surface area contributed by atoms with Gasteiger partial charge in [0.2, 0.25) is 0 Å². The Labute approximate surface area is 148 Å². The van der Waals surface area contributed by atoms with E-state index in [1.165, 1.54) is 0 Å². The van der Waals surface area contributed by atoms with Gasteiger partial charge in [0, 0.05) is 17.4 Å². The molecule has 0 aromatic heterocycles. The number of benzene rings is 2. The molecule has 2 aromatic rings. The van der Waals surface area contributed by atoms with Crippen molar-refractivity contribution in [2.24, 2.45) is 0 Å². The maximum Gasteiger partial charge on any atom is 0.316 e. The quantitative estimate of drug-likeness (QED) is 0.868. The lowest BCUT2D eigenvalue weighted by molar-refractivity contribution is -0.134. The van der Waals surface area contributed by atoms with E-state index < -0.39 is 11.8 Å². The predicted octanol–water partition coefficient (Wildman–Crippen LogP) is 3.73. The van der Waals surface area contributed by atoms with Crippen LogP contribution >= 0.6 is 0 Å². The number of rotatable bonds is 3. The highest BCUT2D eigenvalue weighted by Gasteiger charge is 2.34. The number of para-hydroxylation sites is 2. The minimum Gasteiger partial charge on any atom is -0.317 e. The van der Waals surface area contributed by atoms with E-state index in [2.05, 4.69) is 5.32 Å². The molecule has 4 nitrogen and oxygen atoms in total. The Bertz CT molecular complexity index is 791. The van der Waals surface area contributed by atoms with Crippen molar-refractivity contribution in [3.8, 4) is 0 Å². The molecule has 1 unspecified atom stereocenters. The first-order valence-electron chi connectivity index (χ1n) is 8.90. The molecule has 0 saturated carbocycles. The van der Waals surface area contributed by atoms with Crippen LogP contribution in [0.3, 0.4) is 0 Å². The second kappa shape index (κ2) is 7.09. The number of aryl methyl sites for hydroxylation is 2. The van der Waals surface area contributed by atoms with Gasteiger partial charge in [-0.3, -0.25) is 9.59 Å². The summed E-state index contributed by atoms with van der Waals surface area (Å²) in [5, 5.41) is 2.88. The van der Waals surface area contributed by atoms with Crippen molar-refractivity contribution in [2.75, 3.05) is 10.2 Å². The van der Waals surface area contributed by atoms with Gasteiger partial charge in [0.1, 0.15) is 0 Å². The highest BCUT2D eigenvalue weighted by Crippen LogP contribution is 2.32. The smallest absolute Gasteiger partial charge is 0.316 e.